The van der Waals surface area contributed by atoms with E-state index in [0.717, 1.165) is 25.7 Å². The Balaban J connectivity index is 1.66. The number of hydrogen-bond acceptors (Lipinski definition) is 4. The Morgan fingerprint density at radius 2 is 1.89 bits per heavy atom. The van der Waals surface area contributed by atoms with E-state index in [2.05, 4.69) is 13.8 Å². The van der Waals surface area contributed by atoms with Gasteiger partial charge in [0.1, 0.15) is 0 Å². The van der Waals surface area contributed by atoms with Crippen LogP contribution >= 0.6 is 0 Å². The molecule has 0 aromatic heterocycles. The third-order valence-electron chi connectivity index (χ3n) is 8.69. The zero-order valence-corrected chi connectivity index (χ0v) is 17.4. The lowest BCUT2D eigenvalue weighted by atomic mass is 9.44. The highest BCUT2D eigenvalue weighted by molar-refractivity contribution is 7.80. The van der Waals surface area contributed by atoms with Crippen LogP contribution in [-0.4, -0.2) is 30.2 Å². The quantitative estimate of drug-likeness (QED) is 0.688. The molecule has 4 fully saturated rings. The van der Waals surface area contributed by atoms with Crippen LogP contribution in [0.25, 0.3) is 0 Å². The van der Waals surface area contributed by atoms with E-state index in [1.807, 2.05) is 0 Å². The van der Waals surface area contributed by atoms with Gasteiger partial charge in [0.2, 0.25) is 0 Å². The normalized spacial score (nSPS) is 59.1. The van der Waals surface area contributed by atoms with Crippen LogP contribution in [0.1, 0.15) is 84.0 Å². The maximum atomic E-state index is 11.3. The number of fused-ring (bicyclic) bond motifs is 5. The molecule has 4 aliphatic carbocycles. The smallest absolute Gasteiger partial charge is 0.393 e. The minimum atomic E-state index is -4.73. The largest absolute Gasteiger partial charge is 0.397 e. The summed E-state index contributed by atoms with van der Waals surface area (Å²) in [6.07, 6.45) is -0.529. The van der Waals surface area contributed by atoms with Crippen molar-refractivity contribution in [2.45, 2.75) is 90.7 Å². The Labute approximate surface area is 169 Å². The van der Waals surface area contributed by atoms with Gasteiger partial charge in [-0.1, -0.05) is 13.8 Å². The Kier molecular flexibility index (Phi) is 3.87. The molecule has 4 rings (SSSR count). The predicted molar refractivity (Wildman–Crippen MR) is 103 cm³/mol. The van der Waals surface area contributed by atoms with Gasteiger partial charge in [-0.25, -0.2) is 4.18 Å². The highest BCUT2D eigenvalue weighted by Crippen LogP contribution is 2.67. The molecule has 9 atom stereocenters. The molecule has 2 N–H and O–H groups in total. The second-order valence-electron chi connectivity index (χ2n) is 9.94. The molecule has 0 amide bonds. The molecular weight excluding hydrogens is 364 g/mol. The van der Waals surface area contributed by atoms with Gasteiger partial charge in [0, 0.05) is 2.74 Å². The topological polar surface area (TPSA) is 83.8 Å². The standard InChI is InChI=1S/C21H36O5S/c1-13(22)17-6-7-18-16-5-4-14-12-15(26-27(23,24)25)8-10-20(14,2)19(16)9-11-21(17,18)3/h13-19,22H,4-12H2,1-3H3,(H,23,24,25)/t13-,14+,15+,16+,17-,18+,19+,20+,21-/m1/s1/i9D2,13D,15D. The van der Waals surface area contributed by atoms with Crippen LogP contribution in [0.3, 0.4) is 0 Å². The van der Waals surface area contributed by atoms with E-state index in [9.17, 15) is 13.5 Å². The van der Waals surface area contributed by atoms with Crippen LogP contribution in [0.15, 0.2) is 0 Å². The fourth-order valence-corrected chi connectivity index (χ4v) is 7.84. The van der Waals surface area contributed by atoms with E-state index in [1.165, 1.54) is 6.92 Å². The van der Waals surface area contributed by atoms with Gasteiger partial charge in [-0.3, -0.25) is 4.55 Å². The fourth-order valence-electron chi connectivity index (χ4n) is 7.39. The average molecular weight is 405 g/mol. The first-order valence-corrected chi connectivity index (χ1v) is 11.7. The van der Waals surface area contributed by atoms with Gasteiger partial charge >= 0.3 is 10.4 Å². The summed E-state index contributed by atoms with van der Waals surface area (Å²) < 4.78 is 71.4. The van der Waals surface area contributed by atoms with Crippen molar-refractivity contribution in [3.05, 3.63) is 0 Å². The highest BCUT2D eigenvalue weighted by atomic mass is 32.3. The summed E-state index contributed by atoms with van der Waals surface area (Å²) in [5, 5.41) is 10.5. The van der Waals surface area contributed by atoms with Gasteiger partial charge in [0.15, 0.2) is 0 Å². The minimum absolute atomic E-state index is 0.0577. The van der Waals surface area contributed by atoms with Crippen molar-refractivity contribution in [2.75, 3.05) is 0 Å². The lowest BCUT2D eigenvalue weighted by Crippen LogP contribution is -2.54. The molecule has 5 nitrogen and oxygen atoms in total. The first kappa shape index (κ1) is 15.6. The lowest BCUT2D eigenvalue weighted by Gasteiger charge is -2.61. The second kappa shape index (κ2) is 6.68. The van der Waals surface area contributed by atoms with Crippen molar-refractivity contribution >= 4 is 10.4 Å². The monoisotopic (exact) mass is 404 g/mol. The van der Waals surface area contributed by atoms with Crippen LogP contribution in [0.2, 0.25) is 0 Å². The first-order chi connectivity index (χ1) is 13.9. The maximum Gasteiger partial charge on any atom is 0.397 e. The van der Waals surface area contributed by atoms with Crippen LogP contribution in [0.5, 0.6) is 0 Å². The zero-order chi connectivity index (χ0) is 23.3. The number of rotatable bonds is 3. The van der Waals surface area contributed by atoms with Crippen LogP contribution in [0.4, 0.5) is 0 Å². The molecule has 6 heteroatoms. The SMILES string of the molecule is [2H]C1([2H])C[C@@]2(C)[C@@H](CC[C@@H]2[C@@]([2H])(C)O)[C@@H]2CC[C@H]3C[C@@]([2H])(OS(=O)(=O)O)CC[C@]3(C)[C@H]21. The van der Waals surface area contributed by atoms with Crippen LogP contribution in [0, 0.1) is 40.4 Å². The van der Waals surface area contributed by atoms with Crippen LogP contribution in [-0.2, 0) is 14.6 Å². The molecule has 0 unspecified atom stereocenters. The average Bonchev–Trinajstić information content (AvgIpc) is 2.89. The van der Waals surface area contributed by atoms with Gasteiger partial charge in [0.25, 0.3) is 0 Å². The van der Waals surface area contributed by atoms with Crippen LogP contribution < -0.4 is 0 Å². The number of aliphatic hydroxyl groups is 1. The third-order valence-corrected chi connectivity index (χ3v) is 9.14. The molecule has 0 spiro atoms. The second-order valence-corrected chi connectivity index (χ2v) is 11.0. The van der Waals surface area contributed by atoms with Gasteiger partial charge < -0.3 is 5.11 Å². The zero-order valence-electron chi connectivity index (χ0n) is 20.6. The molecule has 0 aromatic rings. The summed E-state index contributed by atoms with van der Waals surface area (Å²) in [6, 6.07) is 0. The van der Waals surface area contributed by atoms with Crippen molar-refractivity contribution in [1.29, 1.82) is 0 Å². The molecule has 0 saturated heterocycles. The first-order valence-electron chi connectivity index (χ1n) is 12.3. The molecule has 27 heavy (non-hydrogen) atoms. The van der Waals surface area contributed by atoms with E-state index in [4.69, 9.17) is 14.2 Å². The summed E-state index contributed by atoms with van der Waals surface area (Å²) >= 11 is 0. The summed E-state index contributed by atoms with van der Waals surface area (Å²) in [7, 11) is -4.73. The fraction of sp³-hybridized carbons (Fsp3) is 1.00. The molecule has 4 aliphatic rings. The maximum absolute atomic E-state index is 11.3. The molecule has 4 saturated carbocycles. The Bertz CT molecular complexity index is 845. The summed E-state index contributed by atoms with van der Waals surface area (Å²) in [5.41, 5.74) is -0.816. The van der Waals surface area contributed by atoms with E-state index < -0.39 is 34.3 Å². The number of hydrogen-bond donors (Lipinski definition) is 2. The van der Waals surface area contributed by atoms with Gasteiger partial charge in [0.05, 0.1) is 14.9 Å². The van der Waals surface area contributed by atoms with Crippen molar-refractivity contribution < 1.29 is 27.7 Å². The summed E-state index contributed by atoms with van der Waals surface area (Å²) in [5.74, 6) is -0.151. The molecule has 156 valence electrons. The Hall–Kier alpha value is -0.170. The Morgan fingerprint density at radius 3 is 2.56 bits per heavy atom. The highest BCUT2D eigenvalue weighted by Gasteiger charge is 2.60. The van der Waals surface area contributed by atoms with E-state index >= 15 is 0 Å². The van der Waals surface area contributed by atoms with Crippen molar-refractivity contribution in [1.82, 2.24) is 0 Å². The van der Waals surface area contributed by atoms with Crippen molar-refractivity contribution in [3.63, 3.8) is 0 Å². The molecule has 0 aromatic carbocycles. The van der Waals surface area contributed by atoms with E-state index in [1.54, 1.807) is 0 Å². The van der Waals surface area contributed by atoms with E-state index in [-0.39, 0.29) is 47.8 Å². The Morgan fingerprint density at radius 1 is 1.15 bits per heavy atom. The lowest BCUT2D eigenvalue weighted by molar-refractivity contribution is -0.130. The van der Waals surface area contributed by atoms with Crippen molar-refractivity contribution in [2.24, 2.45) is 40.4 Å². The molecule has 0 bridgehead atoms. The minimum Gasteiger partial charge on any atom is -0.393 e. The molecular formula is C21H36O5S. The van der Waals surface area contributed by atoms with E-state index in [0.29, 0.717) is 12.8 Å². The molecule has 0 heterocycles. The van der Waals surface area contributed by atoms with Gasteiger partial charge in [-0.15, -0.1) is 0 Å². The summed E-state index contributed by atoms with van der Waals surface area (Å²) in [4.78, 5) is 0. The summed E-state index contributed by atoms with van der Waals surface area (Å²) in [6.45, 7) is 5.68. The van der Waals surface area contributed by atoms with Gasteiger partial charge in [-0.05, 0) is 105 Å². The third kappa shape index (κ3) is 3.28. The molecule has 0 radical (unpaired) electrons. The van der Waals surface area contributed by atoms with Gasteiger partial charge in [-0.2, -0.15) is 8.42 Å². The van der Waals surface area contributed by atoms with Crippen molar-refractivity contribution in [3.8, 4) is 0 Å². The predicted octanol–water partition coefficient (Wildman–Crippen LogP) is 4.21. The molecule has 0 aliphatic heterocycles.